The molecule has 1 aliphatic heterocycles. The van der Waals surface area contributed by atoms with Crippen molar-refractivity contribution in [1.29, 1.82) is 0 Å². The van der Waals surface area contributed by atoms with Gasteiger partial charge in [-0.3, -0.25) is 0 Å². The van der Waals surface area contributed by atoms with E-state index < -0.39 is 0 Å². The van der Waals surface area contributed by atoms with Gasteiger partial charge in [0.25, 0.3) is 0 Å². The van der Waals surface area contributed by atoms with Gasteiger partial charge in [-0.05, 0) is 38.0 Å². The lowest BCUT2D eigenvalue weighted by Crippen LogP contribution is -2.36. The molecule has 1 atom stereocenters. The molecule has 1 aliphatic rings. The lowest BCUT2D eigenvalue weighted by molar-refractivity contribution is 0.309. The lowest BCUT2D eigenvalue weighted by Gasteiger charge is -2.26. The molecule has 7 nitrogen and oxygen atoms in total. The summed E-state index contributed by atoms with van der Waals surface area (Å²) in [7, 11) is 0. The van der Waals surface area contributed by atoms with Gasteiger partial charge in [-0.25, -0.2) is 14.6 Å². The Bertz CT molecular complexity index is 1290. The van der Waals surface area contributed by atoms with Crippen LogP contribution in [0.4, 0.5) is 5.82 Å². The molecule has 0 amide bonds. The molecule has 1 saturated heterocycles. The second kappa shape index (κ2) is 9.17. The van der Waals surface area contributed by atoms with Gasteiger partial charge in [0.1, 0.15) is 23.7 Å². The first-order valence-electron chi connectivity index (χ1n) is 10.9. The third-order valence-corrected chi connectivity index (χ3v) is 6.73. The number of nitrogens with zero attached hydrogens (tertiary/aromatic N) is 5. The number of benzene rings is 1. The van der Waals surface area contributed by atoms with Crippen LogP contribution in [0.3, 0.4) is 0 Å². The van der Waals surface area contributed by atoms with Crippen molar-refractivity contribution in [3.63, 3.8) is 0 Å². The van der Waals surface area contributed by atoms with Gasteiger partial charge in [-0.1, -0.05) is 35.3 Å². The Hall–Kier alpha value is -2.87. The van der Waals surface area contributed by atoms with Crippen molar-refractivity contribution in [3.05, 3.63) is 70.2 Å². The molecule has 1 aromatic carbocycles. The number of para-hydroxylation sites is 1. The summed E-state index contributed by atoms with van der Waals surface area (Å²) in [5, 5.41) is 6.29. The molecule has 4 heterocycles. The second-order valence-electron chi connectivity index (χ2n) is 8.12. The molecule has 0 radical (unpaired) electrons. The van der Waals surface area contributed by atoms with Gasteiger partial charge >= 0.3 is 0 Å². The number of rotatable bonds is 6. The van der Waals surface area contributed by atoms with Crippen LogP contribution in [-0.4, -0.2) is 38.9 Å². The molecule has 0 saturated carbocycles. The molecule has 0 bridgehead atoms. The van der Waals surface area contributed by atoms with E-state index in [2.05, 4.69) is 15.0 Å². The van der Waals surface area contributed by atoms with Crippen molar-refractivity contribution in [1.82, 2.24) is 19.7 Å². The molecule has 9 heteroatoms. The first-order valence-corrected chi connectivity index (χ1v) is 11.6. The number of aromatic nitrogens is 4. The molecular formula is C24H24Cl2N6O. The van der Waals surface area contributed by atoms with E-state index in [4.69, 9.17) is 38.7 Å². The molecule has 2 N–H and O–H groups in total. The average Bonchev–Trinajstić information content (AvgIpc) is 3.51. The zero-order valence-corrected chi connectivity index (χ0v) is 19.7. The minimum absolute atomic E-state index is 0.195. The van der Waals surface area contributed by atoms with Gasteiger partial charge in [-0.15, -0.1) is 0 Å². The Kier molecular flexibility index (Phi) is 6.10. The summed E-state index contributed by atoms with van der Waals surface area (Å²) in [6.07, 6.45) is 7.39. The number of hydrogen-bond donors (Lipinski definition) is 1. The van der Waals surface area contributed by atoms with E-state index in [0.717, 1.165) is 41.7 Å². The quantitative estimate of drug-likeness (QED) is 0.419. The number of aryl methyl sites for hydroxylation is 1. The Morgan fingerprint density at radius 1 is 1.24 bits per heavy atom. The molecule has 0 spiro atoms. The van der Waals surface area contributed by atoms with E-state index in [-0.39, 0.29) is 12.6 Å². The number of fused-ring (bicyclic) bond motifs is 1. The molecule has 0 aliphatic carbocycles. The predicted molar refractivity (Wildman–Crippen MR) is 132 cm³/mol. The smallest absolute Gasteiger partial charge is 0.148 e. The van der Waals surface area contributed by atoms with Gasteiger partial charge in [0.05, 0.1) is 15.7 Å². The van der Waals surface area contributed by atoms with Crippen LogP contribution in [0.5, 0.6) is 5.75 Å². The van der Waals surface area contributed by atoms with E-state index in [0.29, 0.717) is 33.7 Å². The fraction of sp³-hybridized carbons (Fsp3) is 0.292. The molecule has 170 valence electrons. The largest absolute Gasteiger partial charge is 0.487 e. The van der Waals surface area contributed by atoms with E-state index in [1.807, 2.05) is 48.1 Å². The van der Waals surface area contributed by atoms with Gasteiger partial charge in [0.15, 0.2) is 0 Å². The number of anilines is 1. The molecule has 3 aromatic heterocycles. The summed E-state index contributed by atoms with van der Waals surface area (Å²) in [6.45, 7) is 3.58. The third-order valence-electron chi connectivity index (χ3n) is 6.00. The van der Waals surface area contributed by atoms with E-state index in [1.54, 1.807) is 12.4 Å². The topological polar surface area (TPSA) is 82.1 Å². The Balaban J connectivity index is 1.49. The van der Waals surface area contributed by atoms with Gasteiger partial charge < -0.3 is 15.4 Å². The normalized spacial score (nSPS) is 16.0. The first-order chi connectivity index (χ1) is 16.1. The fourth-order valence-corrected chi connectivity index (χ4v) is 4.94. The minimum Gasteiger partial charge on any atom is -0.487 e. The Labute approximate surface area is 202 Å². The van der Waals surface area contributed by atoms with Crippen LogP contribution in [0, 0.1) is 6.92 Å². The van der Waals surface area contributed by atoms with Crippen LogP contribution in [-0.2, 0) is 6.61 Å². The van der Waals surface area contributed by atoms with E-state index >= 15 is 0 Å². The van der Waals surface area contributed by atoms with Crippen LogP contribution < -0.4 is 15.4 Å². The maximum absolute atomic E-state index is 6.78. The monoisotopic (exact) mass is 482 g/mol. The second-order valence-corrected chi connectivity index (χ2v) is 8.91. The van der Waals surface area contributed by atoms with Crippen LogP contribution in [0.1, 0.15) is 24.1 Å². The van der Waals surface area contributed by atoms with Crippen LogP contribution in [0.15, 0.2) is 48.9 Å². The summed E-state index contributed by atoms with van der Waals surface area (Å²) in [6, 6.07) is 9.98. The van der Waals surface area contributed by atoms with Crippen molar-refractivity contribution >= 4 is 39.9 Å². The number of ether oxygens (including phenoxy) is 1. The van der Waals surface area contributed by atoms with E-state index in [9.17, 15) is 0 Å². The lowest BCUT2D eigenvalue weighted by atomic mass is 10.1. The summed E-state index contributed by atoms with van der Waals surface area (Å²) in [5.74, 6) is 1.36. The molecule has 33 heavy (non-hydrogen) atoms. The molecule has 5 rings (SSSR count). The number of nitrogens with two attached hydrogens (primary N) is 1. The van der Waals surface area contributed by atoms with Crippen molar-refractivity contribution in [3.8, 4) is 11.4 Å². The van der Waals surface area contributed by atoms with Crippen molar-refractivity contribution < 1.29 is 4.74 Å². The first kappa shape index (κ1) is 21.9. The highest BCUT2D eigenvalue weighted by atomic mass is 35.5. The molecule has 1 fully saturated rings. The third kappa shape index (κ3) is 4.12. The predicted octanol–water partition coefficient (Wildman–Crippen LogP) is 4.94. The molecular weight excluding hydrogens is 459 g/mol. The summed E-state index contributed by atoms with van der Waals surface area (Å²) >= 11 is 13.3. The van der Waals surface area contributed by atoms with E-state index in [1.165, 1.54) is 0 Å². The van der Waals surface area contributed by atoms with Gasteiger partial charge in [-0.2, -0.15) is 5.10 Å². The van der Waals surface area contributed by atoms with Crippen LogP contribution >= 0.6 is 23.2 Å². The summed E-state index contributed by atoms with van der Waals surface area (Å²) in [5.41, 5.74) is 9.21. The maximum Gasteiger partial charge on any atom is 0.148 e. The highest BCUT2D eigenvalue weighted by Gasteiger charge is 2.27. The van der Waals surface area contributed by atoms with Crippen molar-refractivity contribution in [2.75, 3.05) is 18.0 Å². The summed E-state index contributed by atoms with van der Waals surface area (Å²) < 4.78 is 8.06. The van der Waals surface area contributed by atoms with Crippen molar-refractivity contribution in [2.24, 2.45) is 5.73 Å². The van der Waals surface area contributed by atoms with Crippen molar-refractivity contribution in [2.45, 2.75) is 32.4 Å². The summed E-state index contributed by atoms with van der Waals surface area (Å²) in [4.78, 5) is 11.4. The maximum atomic E-state index is 6.78. The van der Waals surface area contributed by atoms with Crippen LogP contribution in [0.25, 0.3) is 16.6 Å². The SMILES string of the molecule is Cc1cc(-n2cccn2)c2cccc(OCc3c(Cl)cnc(N4CCC[C@H]4CN)c3Cl)c2n1. The van der Waals surface area contributed by atoms with Gasteiger partial charge in [0, 0.05) is 54.4 Å². The zero-order chi connectivity index (χ0) is 22.9. The Morgan fingerprint density at radius 3 is 2.91 bits per heavy atom. The zero-order valence-electron chi connectivity index (χ0n) is 18.2. The fourth-order valence-electron chi connectivity index (χ4n) is 4.38. The molecule has 0 unspecified atom stereocenters. The van der Waals surface area contributed by atoms with Gasteiger partial charge in [0.2, 0.25) is 0 Å². The number of hydrogen-bond acceptors (Lipinski definition) is 6. The minimum atomic E-state index is 0.195. The average molecular weight is 483 g/mol. The number of halogens is 2. The Morgan fingerprint density at radius 2 is 2.12 bits per heavy atom. The standard InChI is InChI=1S/C24H24Cl2N6O/c1-15-11-20(32-10-4-8-29-32)17-6-2-7-21(23(17)30-15)33-14-18-19(25)13-28-24(22(18)26)31-9-3-5-16(31)12-27/h2,4,6-8,10-11,13,16H,3,5,9,12,14,27H2,1H3/t16-/m0/s1. The van der Waals surface area contributed by atoms with Crippen LogP contribution in [0.2, 0.25) is 10.0 Å². The highest BCUT2D eigenvalue weighted by Crippen LogP contribution is 2.36. The molecule has 4 aromatic rings. The number of pyridine rings is 2. The highest BCUT2D eigenvalue weighted by molar-refractivity contribution is 6.37.